The average Bonchev–Trinajstić information content (AvgIpc) is 3.24. The van der Waals surface area contributed by atoms with Gasteiger partial charge in [-0.25, -0.2) is 4.98 Å². The summed E-state index contributed by atoms with van der Waals surface area (Å²) in [5.74, 6) is 0.786. The van der Waals surface area contributed by atoms with Crippen molar-refractivity contribution < 1.29 is 9.53 Å². The van der Waals surface area contributed by atoms with Crippen LogP contribution in [0, 0.1) is 5.92 Å². The van der Waals surface area contributed by atoms with Crippen molar-refractivity contribution in [2.75, 3.05) is 26.7 Å². The number of imidazole rings is 1. The van der Waals surface area contributed by atoms with Crippen LogP contribution in [0.3, 0.4) is 0 Å². The summed E-state index contributed by atoms with van der Waals surface area (Å²) in [6.07, 6.45) is 7.11. The molecular weight excluding hydrogens is 342 g/mol. The van der Waals surface area contributed by atoms with Gasteiger partial charge in [0.15, 0.2) is 5.96 Å². The maximum Gasteiger partial charge on any atom is 0.309 e. The zero-order chi connectivity index (χ0) is 19.1. The molecule has 2 heterocycles. The molecule has 0 aliphatic carbocycles. The van der Waals surface area contributed by atoms with E-state index in [1.807, 2.05) is 29.8 Å². The molecule has 7 nitrogen and oxygen atoms in total. The first kappa shape index (κ1) is 18.9. The monoisotopic (exact) mass is 369 g/mol. The van der Waals surface area contributed by atoms with E-state index in [9.17, 15) is 4.79 Å². The van der Waals surface area contributed by atoms with Gasteiger partial charge in [-0.05, 0) is 31.4 Å². The van der Waals surface area contributed by atoms with Gasteiger partial charge in [-0.15, -0.1) is 0 Å². The van der Waals surface area contributed by atoms with Gasteiger partial charge in [0, 0.05) is 39.1 Å². The van der Waals surface area contributed by atoms with Crippen molar-refractivity contribution in [3.05, 3.63) is 48.5 Å². The van der Waals surface area contributed by atoms with Crippen molar-refractivity contribution in [1.82, 2.24) is 19.8 Å². The molecule has 1 aromatic carbocycles. The second kappa shape index (κ2) is 9.21. The summed E-state index contributed by atoms with van der Waals surface area (Å²) in [6.45, 7) is 4.55. The van der Waals surface area contributed by atoms with Crippen molar-refractivity contribution in [2.24, 2.45) is 10.9 Å². The molecule has 3 rings (SSSR count). The molecule has 0 radical (unpaired) electrons. The van der Waals surface area contributed by atoms with Crippen LogP contribution in [0.4, 0.5) is 0 Å². The lowest BCUT2D eigenvalue weighted by Crippen LogP contribution is -2.46. The van der Waals surface area contributed by atoms with Gasteiger partial charge in [0.1, 0.15) is 0 Å². The number of nitrogens with zero attached hydrogens (tertiary/aromatic N) is 4. The summed E-state index contributed by atoms with van der Waals surface area (Å²) in [7, 11) is 1.79. The number of hydrogen-bond donors (Lipinski definition) is 1. The van der Waals surface area contributed by atoms with Gasteiger partial charge in [-0.2, -0.15) is 0 Å². The van der Waals surface area contributed by atoms with E-state index >= 15 is 0 Å². The SMILES string of the molecule is CCOC(=O)C1CCN(C(=NC)NCc2ccccc2-n2ccnc2)CC1. The van der Waals surface area contributed by atoms with Crippen LogP contribution in [0.15, 0.2) is 48.0 Å². The lowest BCUT2D eigenvalue weighted by Gasteiger charge is -2.33. The molecule has 27 heavy (non-hydrogen) atoms. The fourth-order valence-electron chi connectivity index (χ4n) is 3.41. The van der Waals surface area contributed by atoms with Crippen molar-refractivity contribution in [3.8, 4) is 5.69 Å². The Kier molecular flexibility index (Phi) is 6.46. The molecule has 0 saturated carbocycles. The van der Waals surface area contributed by atoms with E-state index in [1.165, 1.54) is 0 Å². The molecule has 0 amide bonds. The number of aliphatic imine (C=N–C) groups is 1. The fraction of sp³-hybridized carbons (Fsp3) is 0.450. The van der Waals surface area contributed by atoms with E-state index in [1.54, 1.807) is 19.6 Å². The molecule has 2 aromatic rings. The number of para-hydroxylation sites is 1. The maximum atomic E-state index is 11.9. The number of esters is 1. The van der Waals surface area contributed by atoms with Crippen LogP contribution < -0.4 is 5.32 Å². The van der Waals surface area contributed by atoms with Crippen LogP contribution in [0.5, 0.6) is 0 Å². The Hall–Kier alpha value is -2.83. The number of ether oxygens (including phenoxy) is 1. The van der Waals surface area contributed by atoms with E-state index < -0.39 is 0 Å². The Bertz CT molecular complexity index is 764. The molecule has 0 spiro atoms. The first-order valence-corrected chi connectivity index (χ1v) is 9.41. The minimum absolute atomic E-state index is 0.00118. The third-order valence-corrected chi connectivity index (χ3v) is 4.84. The summed E-state index contributed by atoms with van der Waals surface area (Å²) in [6, 6.07) is 8.23. The lowest BCUT2D eigenvalue weighted by molar-refractivity contribution is -0.149. The van der Waals surface area contributed by atoms with E-state index in [0.29, 0.717) is 13.2 Å². The number of carbonyl (C=O) groups is 1. The van der Waals surface area contributed by atoms with E-state index in [4.69, 9.17) is 4.74 Å². The first-order valence-electron chi connectivity index (χ1n) is 9.41. The van der Waals surface area contributed by atoms with Crippen molar-refractivity contribution >= 4 is 11.9 Å². The van der Waals surface area contributed by atoms with Gasteiger partial charge < -0.3 is 19.5 Å². The summed E-state index contributed by atoms with van der Waals surface area (Å²) >= 11 is 0. The Morgan fingerprint density at radius 3 is 2.78 bits per heavy atom. The number of aromatic nitrogens is 2. The highest BCUT2D eigenvalue weighted by Crippen LogP contribution is 2.19. The molecule has 1 N–H and O–H groups in total. The molecule has 1 aliphatic heterocycles. The number of piperidine rings is 1. The highest BCUT2D eigenvalue weighted by molar-refractivity contribution is 5.80. The van der Waals surface area contributed by atoms with Gasteiger partial charge in [-0.1, -0.05) is 18.2 Å². The molecule has 0 bridgehead atoms. The fourth-order valence-corrected chi connectivity index (χ4v) is 3.41. The summed E-state index contributed by atoms with van der Waals surface area (Å²) < 4.78 is 7.15. The van der Waals surface area contributed by atoms with E-state index in [0.717, 1.165) is 43.1 Å². The lowest BCUT2D eigenvalue weighted by atomic mass is 9.97. The number of likely N-dealkylation sites (tertiary alicyclic amines) is 1. The van der Waals surface area contributed by atoms with E-state index in [2.05, 4.69) is 32.3 Å². The van der Waals surface area contributed by atoms with Gasteiger partial charge in [0.2, 0.25) is 0 Å². The zero-order valence-electron chi connectivity index (χ0n) is 16.0. The zero-order valence-corrected chi connectivity index (χ0v) is 16.0. The molecule has 0 atom stereocenters. The number of benzene rings is 1. The molecule has 1 aliphatic rings. The third kappa shape index (κ3) is 4.67. The molecule has 0 unspecified atom stereocenters. The van der Waals surface area contributed by atoms with E-state index in [-0.39, 0.29) is 11.9 Å². The molecule has 7 heteroatoms. The minimum Gasteiger partial charge on any atom is -0.466 e. The molecular formula is C20H27N5O2. The summed E-state index contributed by atoms with van der Waals surface area (Å²) in [5, 5.41) is 3.45. The second-order valence-corrected chi connectivity index (χ2v) is 6.51. The van der Waals surface area contributed by atoms with Crippen LogP contribution in [0.1, 0.15) is 25.3 Å². The molecule has 1 aromatic heterocycles. The topological polar surface area (TPSA) is 71.8 Å². The quantitative estimate of drug-likeness (QED) is 0.497. The maximum absolute atomic E-state index is 11.9. The predicted octanol–water partition coefficient (Wildman–Crippen LogP) is 2.22. The van der Waals surface area contributed by atoms with Crippen LogP contribution in [-0.2, 0) is 16.1 Å². The molecule has 1 saturated heterocycles. The van der Waals surface area contributed by atoms with Crippen molar-refractivity contribution in [2.45, 2.75) is 26.3 Å². The molecule has 144 valence electrons. The largest absolute Gasteiger partial charge is 0.466 e. The van der Waals surface area contributed by atoms with Gasteiger partial charge >= 0.3 is 5.97 Å². The summed E-state index contributed by atoms with van der Waals surface area (Å²) in [4.78, 5) is 22.7. The van der Waals surface area contributed by atoms with Crippen LogP contribution in [0.25, 0.3) is 5.69 Å². The van der Waals surface area contributed by atoms with Crippen LogP contribution in [-0.4, -0.2) is 53.1 Å². The van der Waals surface area contributed by atoms with Gasteiger partial charge in [-0.3, -0.25) is 9.79 Å². The Labute approximate surface area is 160 Å². The second-order valence-electron chi connectivity index (χ2n) is 6.51. The Morgan fingerprint density at radius 2 is 2.11 bits per heavy atom. The van der Waals surface area contributed by atoms with Crippen LogP contribution >= 0.6 is 0 Å². The van der Waals surface area contributed by atoms with Crippen molar-refractivity contribution in [3.63, 3.8) is 0 Å². The number of guanidine groups is 1. The normalized spacial score (nSPS) is 15.6. The van der Waals surface area contributed by atoms with Gasteiger partial charge in [0.05, 0.1) is 24.5 Å². The number of hydrogen-bond acceptors (Lipinski definition) is 4. The smallest absolute Gasteiger partial charge is 0.309 e. The molecule has 1 fully saturated rings. The predicted molar refractivity (Wildman–Crippen MR) is 105 cm³/mol. The van der Waals surface area contributed by atoms with Gasteiger partial charge in [0.25, 0.3) is 0 Å². The minimum atomic E-state index is -0.0747. The standard InChI is InChI=1S/C20H27N5O2/c1-3-27-19(26)16-8-11-24(12-9-16)20(21-2)23-14-17-6-4-5-7-18(17)25-13-10-22-15-25/h4-7,10,13,15-16H,3,8-9,11-12,14H2,1-2H3,(H,21,23). The third-order valence-electron chi connectivity index (χ3n) is 4.84. The number of rotatable bonds is 5. The number of carbonyl (C=O) groups excluding carboxylic acids is 1. The van der Waals surface area contributed by atoms with Crippen molar-refractivity contribution in [1.29, 1.82) is 0 Å². The first-order chi connectivity index (χ1) is 13.2. The Balaban J connectivity index is 1.59. The van der Waals surface area contributed by atoms with Crippen LogP contribution in [0.2, 0.25) is 0 Å². The summed E-state index contributed by atoms with van der Waals surface area (Å²) in [5.41, 5.74) is 2.26. The highest BCUT2D eigenvalue weighted by atomic mass is 16.5. The number of nitrogens with one attached hydrogen (secondary N) is 1. The highest BCUT2D eigenvalue weighted by Gasteiger charge is 2.27. The average molecular weight is 369 g/mol. The Morgan fingerprint density at radius 1 is 1.33 bits per heavy atom.